The van der Waals surface area contributed by atoms with E-state index in [1.54, 1.807) is 0 Å². The second-order valence-corrected chi connectivity index (χ2v) is 7.39. The molecule has 1 aromatic rings. The summed E-state index contributed by atoms with van der Waals surface area (Å²) in [5.41, 5.74) is 1.71. The maximum Gasteiger partial charge on any atom is 0.191 e. The molecule has 2 N–H and O–H groups in total. The molecule has 1 fully saturated rings. The average Bonchev–Trinajstić information content (AvgIpc) is 3.28. The van der Waals surface area contributed by atoms with Gasteiger partial charge in [-0.3, -0.25) is 4.99 Å². The van der Waals surface area contributed by atoms with Gasteiger partial charge in [-0.25, -0.2) is 0 Å². The van der Waals surface area contributed by atoms with E-state index in [9.17, 15) is 0 Å². The summed E-state index contributed by atoms with van der Waals surface area (Å²) in [4.78, 5) is 4.31. The first-order chi connectivity index (χ1) is 10.2. The van der Waals surface area contributed by atoms with Gasteiger partial charge in [0.05, 0.1) is 0 Å². The molecule has 0 unspecified atom stereocenters. The van der Waals surface area contributed by atoms with E-state index in [2.05, 4.69) is 62.1 Å². The quantitative estimate of drug-likeness (QED) is 0.439. The van der Waals surface area contributed by atoms with Crippen LogP contribution in [0, 0.1) is 0 Å². The lowest BCUT2D eigenvalue weighted by Gasteiger charge is -2.19. The third-order valence-corrected chi connectivity index (χ3v) is 5.12. The van der Waals surface area contributed by atoms with E-state index < -0.39 is 0 Å². The van der Waals surface area contributed by atoms with Gasteiger partial charge in [-0.15, -0.1) is 0 Å². The minimum atomic E-state index is 0.292. The standard InChI is InChI=1S/C16H24BrN3S/c1-18-15(19-9-4-10-21-2)20-12-16(7-8-16)13-5-3-6-14(17)11-13/h3,5-6,11H,4,7-10,12H2,1-2H3,(H2,18,19,20). The first kappa shape index (κ1) is 16.7. The second-order valence-electron chi connectivity index (χ2n) is 5.49. The summed E-state index contributed by atoms with van der Waals surface area (Å²) < 4.78 is 1.16. The summed E-state index contributed by atoms with van der Waals surface area (Å²) in [5.74, 6) is 2.10. The van der Waals surface area contributed by atoms with E-state index in [4.69, 9.17) is 0 Å². The van der Waals surface area contributed by atoms with Crippen molar-refractivity contribution in [3.8, 4) is 0 Å². The lowest BCUT2D eigenvalue weighted by molar-refractivity contribution is 0.644. The molecule has 0 atom stereocenters. The van der Waals surface area contributed by atoms with Crippen molar-refractivity contribution in [2.24, 2.45) is 4.99 Å². The average molecular weight is 370 g/mol. The monoisotopic (exact) mass is 369 g/mol. The maximum absolute atomic E-state index is 4.31. The molecule has 1 aromatic carbocycles. The Morgan fingerprint density at radius 3 is 2.81 bits per heavy atom. The molecule has 0 spiro atoms. The Labute approximate surface area is 140 Å². The van der Waals surface area contributed by atoms with Gasteiger partial charge < -0.3 is 10.6 Å². The van der Waals surface area contributed by atoms with Crippen LogP contribution in [0.4, 0.5) is 0 Å². The maximum atomic E-state index is 4.31. The number of nitrogens with zero attached hydrogens (tertiary/aromatic N) is 1. The van der Waals surface area contributed by atoms with Crippen molar-refractivity contribution in [3.05, 3.63) is 34.3 Å². The van der Waals surface area contributed by atoms with Gasteiger partial charge >= 0.3 is 0 Å². The van der Waals surface area contributed by atoms with Crippen LogP contribution in [-0.4, -0.2) is 38.1 Å². The van der Waals surface area contributed by atoms with Gasteiger partial charge in [-0.05, 0) is 49.0 Å². The zero-order valence-corrected chi connectivity index (χ0v) is 15.2. The topological polar surface area (TPSA) is 36.4 Å². The number of hydrogen-bond donors (Lipinski definition) is 2. The molecule has 21 heavy (non-hydrogen) atoms. The van der Waals surface area contributed by atoms with Crippen LogP contribution in [0.15, 0.2) is 33.7 Å². The van der Waals surface area contributed by atoms with Crippen LogP contribution in [0.25, 0.3) is 0 Å². The normalized spacial score (nSPS) is 16.6. The summed E-state index contributed by atoms with van der Waals surface area (Å²) >= 11 is 5.45. The van der Waals surface area contributed by atoms with Crippen molar-refractivity contribution < 1.29 is 0 Å². The highest BCUT2D eigenvalue weighted by Gasteiger charge is 2.44. The molecular formula is C16H24BrN3S. The van der Waals surface area contributed by atoms with Crippen molar-refractivity contribution in [1.82, 2.24) is 10.6 Å². The number of halogens is 1. The number of hydrogen-bond acceptors (Lipinski definition) is 2. The Bertz CT molecular complexity index is 486. The molecule has 0 saturated heterocycles. The highest BCUT2D eigenvalue weighted by atomic mass is 79.9. The first-order valence-electron chi connectivity index (χ1n) is 7.40. The predicted molar refractivity (Wildman–Crippen MR) is 97.4 cm³/mol. The van der Waals surface area contributed by atoms with Crippen LogP contribution in [0.3, 0.4) is 0 Å². The van der Waals surface area contributed by atoms with Crippen LogP contribution in [0.1, 0.15) is 24.8 Å². The highest BCUT2D eigenvalue weighted by Crippen LogP contribution is 2.48. The van der Waals surface area contributed by atoms with E-state index in [1.807, 2.05) is 18.8 Å². The molecule has 0 aromatic heterocycles. The minimum absolute atomic E-state index is 0.292. The Kier molecular flexibility index (Phi) is 6.42. The van der Waals surface area contributed by atoms with Gasteiger partial charge in [-0.1, -0.05) is 28.1 Å². The summed E-state index contributed by atoms with van der Waals surface area (Å²) in [6, 6.07) is 8.67. The summed E-state index contributed by atoms with van der Waals surface area (Å²) in [5, 5.41) is 6.87. The lowest BCUT2D eigenvalue weighted by Crippen LogP contribution is -2.41. The van der Waals surface area contributed by atoms with E-state index in [0.717, 1.165) is 23.5 Å². The second kappa shape index (κ2) is 8.08. The van der Waals surface area contributed by atoms with Gasteiger partial charge in [-0.2, -0.15) is 11.8 Å². The van der Waals surface area contributed by atoms with E-state index in [0.29, 0.717) is 5.41 Å². The summed E-state index contributed by atoms with van der Waals surface area (Å²) in [6.07, 6.45) is 5.81. The minimum Gasteiger partial charge on any atom is -0.356 e. The Hall–Kier alpha value is -0.680. The van der Waals surface area contributed by atoms with Crippen LogP contribution >= 0.6 is 27.7 Å². The zero-order chi connectivity index (χ0) is 15.1. The zero-order valence-electron chi connectivity index (χ0n) is 12.8. The molecular weight excluding hydrogens is 346 g/mol. The van der Waals surface area contributed by atoms with Gasteiger partial charge in [0.15, 0.2) is 5.96 Å². The first-order valence-corrected chi connectivity index (χ1v) is 9.58. The van der Waals surface area contributed by atoms with Crippen molar-refractivity contribution in [2.75, 3.05) is 32.1 Å². The number of aliphatic imine (C=N–C) groups is 1. The van der Waals surface area contributed by atoms with Crippen molar-refractivity contribution in [2.45, 2.75) is 24.7 Å². The largest absolute Gasteiger partial charge is 0.356 e. The van der Waals surface area contributed by atoms with Crippen LogP contribution in [0.2, 0.25) is 0 Å². The number of rotatable bonds is 7. The van der Waals surface area contributed by atoms with E-state index >= 15 is 0 Å². The third-order valence-electron chi connectivity index (χ3n) is 3.93. The lowest BCUT2D eigenvalue weighted by atomic mass is 9.96. The highest BCUT2D eigenvalue weighted by molar-refractivity contribution is 9.10. The molecule has 1 aliphatic rings. The number of benzene rings is 1. The molecule has 5 heteroatoms. The van der Waals surface area contributed by atoms with Gasteiger partial charge in [0, 0.05) is 30.0 Å². The van der Waals surface area contributed by atoms with Crippen LogP contribution in [0.5, 0.6) is 0 Å². The fourth-order valence-corrected chi connectivity index (χ4v) is 3.27. The fourth-order valence-electron chi connectivity index (χ4n) is 2.43. The van der Waals surface area contributed by atoms with Crippen molar-refractivity contribution in [3.63, 3.8) is 0 Å². The predicted octanol–water partition coefficient (Wildman–Crippen LogP) is 3.40. The SMILES string of the molecule is CN=C(NCCCSC)NCC1(c2cccc(Br)c2)CC1. The molecule has 2 rings (SSSR count). The summed E-state index contributed by atoms with van der Waals surface area (Å²) in [7, 11) is 1.84. The van der Waals surface area contributed by atoms with Crippen LogP contribution < -0.4 is 10.6 Å². The van der Waals surface area contributed by atoms with Gasteiger partial charge in [0.25, 0.3) is 0 Å². The van der Waals surface area contributed by atoms with Crippen molar-refractivity contribution >= 4 is 33.7 Å². The molecule has 3 nitrogen and oxygen atoms in total. The van der Waals surface area contributed by atoms with E-state index in [-0.39, 0.29) is 0 Å². The fraction of sp³-hybridized carbons (Fsp3) is 0.562. The molecule has 0 bridgehead atoms. The number of guanidine groups is 1. The molecule has 116 valence electrons. The van der Waals surface area contributed by atoms with E-state index in [1.165, 1.54) is 30.6 Å². The van der Waals surface area contributed by atoms with Crippen LogP contribution in [-0.2, 0) is 5.41 Å². The number of thioether (sulfide) groups is 1. The third kappa shape index (κ3) is 4.92. The Morgan fingerprint density at radius 1 is 1.38 bits per heavy atom. The molecule has 1 saturated carbocycles. The summed E-state index contributed by atoms with van der Waals surface area (Å²) in [6.45, 7) is 1.93. The molecule has 0 amide bonds. The van der Waals surface area contributed by atoms with Crippen molar-refractivity contribution in [1.29, 1.82) is 0 Å². The smallest absolute Gasteiger partial charge is 0.191 e. The molecule has 0 aliphatic heterocycles. The van der Waals surface area contributed by atoms with Gasteiger partial charge in [0.1, 0.15) is 0 Å². The van der Waals surface area contributed by atoms with Gasteiger partial charge in [0.2, 0.25) is 0 Å². The Balaban J connectivity index is 1.84. The molecule has 1 aliphatic carbocycles. The molecule has 0 radical (unpaired) electrons. The Morgan fingerprint density at radius 2 is 2.19 bits per heavy atom. The number of nitrogens with one attached hydrogen (secondary N) is 2. The molecule has 0 heterocycles.